The third-order valence-corrected chi connectivity index (χ3v) is 4.80. The van der Waals surface area contributed by atoms with Crippen LogP contribution in [0, 0.1) is 0 Å². The second-order valence-corrected chi connectivity index (χ2v) is 6.59. The van der Waals surface area contributed by atoms with Crippen LogP contribution in [0.4, 0.5) is 0 Å². The van der Waals surface area contributed by atoms with Gasteiger partial charge in [0.25, 0.3) is 0 Å². The van der Waals surface area contributed by atoms with E-state index in [1.54, 1.807) is 7.11 Å². The molecule has 5 heteroatoms. The number of rotatable bonds is 6. The normalized spacial score (nSPS) is 19.1. The smallest absolute Gasteiger partial charge is 0.191 e. The van der Waals surface area contributed by atoms with Gasteiger partial charge in [-0.15, -0.1) is 0 Å². The van der Waals surface area contributed by atoms with E-state index in [0.29, 0.717) is 19.0 Å². The lowest BCUT2D eigenvalue weighted by Gasteiger charge is -2.25. The van der Waals surface area contributed by atoms with Crippen molar-refractivity contribution < 1.29 is 9.84 Å². The minimum Gasteiger partial charge on any atom is -0.497 e. The van der Waals surface area contributed by atoms with Crippen LogP contribution >= 0.6 is 0 Å². The second kappa shape index (κ2) is 8.23. The fourth-order valence-corrected chi connectivity index (χ4v) is 3.33. The molecule has 0 saturated heterocycles. The number of aliphatic hydroxyl groups is 1. The highest BCUT2D eigenvalue weighted by Crippen LogP contribution is 2.36. The molecule has 5 nitrogen and oxygen atoms in total. The number of nitrogens with one attached hydrogen (secondary N) is 2. The molecule has 0 amide bonds. The average molecular weight is 353 g/mol. The molecule has 0 fully saturated rings. The molecule has 3 N–H and O–H groups in total. The summed E-state index contributed by atoms with van der Waals surface area (Å²) in [5.41, 5.74) is 2.52. The maximum atomic E-state index is 11.0. The minimum atomic E-state index is -0.840. The van der Waals surface area contributed by atoms with Gasteiger partial charge in [0.15, 0.2) is 5.96 Å². The average Bonchev–Trinajstić information content (AvgIpc) is 3.02. The Balaban J connectivity index is 1.65. The highest BCUT2D eigenvalue weighted by atomic mass is 16.5. The topological polar surface area (TPSA) is 65.9 Å². The van der Waals surface area contributed by atoms with Crippen molar-refractivity contribution in [3.8, 4) is 5.75 Å². The molecule has 26 heavy (non-hydrogen) atoms. The van der Waals surface area contributed by atoms with E-state index in [0.717, 1.165) is 36.3 Å². The monoisotopic (exact) mass is 353 g/mol. The van der Waals surface area contributed by atoms with Crippen LogP contribution in [0.5, 0.6) is 5.75 Å². The fraction of sp³-hybridized carbons (Fsp3) is 0.381. The first kappa shape index (κ1) is 18.3. The SMILES string of the molecule is CCNC(=NCc1ccc(OC)cc1)NCC1(O)CCc2ccccc21. The van der Waals surface area contributed by atoms with Crippen molar-refractivity contribution in [3.63, 3.8) is 0 Å². The number of hydrogen-bond donors (Lipinski definition) is 3. The third kappa shape index (κ3) is 4.17. The summed E-state index contributed by atoms with van der Waals surface area (Å²) in [6.45, 7) is 3.81. The van der Waals surface area contributed by atoms with Crippen molar-refractivity contribution in [3.05, 3.63) is 65.2 Å². The van der Waals surface area contributed by atoms with Gasteiger partial charge in [0.1, 0.15) is 11.4 Å². The molecule has 1 unspecified atom stereocenters. The van der Waals surface area contributed by atoms with Crippen LogP contribution in [0.25, 0.3) is 0 Å². The lowest BCUT2D eigenvalue weighted by atomic mass is 9.96. The van der Waals surface area contributed by atoms with E-state index in [2.05, 4.69) is 21.7 Å². The summed E-state index contributed by atoms with van der Waals surface area (Å²) in [4.78, 5) is 4.63. The number of nitrogens with zero attached hydrogens (tertiary/aromatic N) is 1. The second-order valence-electron chi connectivity index (χ2n) is 6.59. The largest absolute Gasteiger partial charge is 0.497 e. The Hall–Kier alpha value is -2.53. The van der Waals surface area contributed by atoms with Gasteiger partial charge in [0.2, 0.25) is 0 Å². The van der Waals surface area contributed by atoms with Crippen LogP contribution in [-0.4, -0.2) is 31.3 Å². The van der Waals surface area contributed by atoms with Gasteiger partial charge in [-0.05, 0) is 48.6 Å². The maximum absolute atomic E-state index is 11.0. The van der Waals surface area contributed by atoms with Gasteiger partial charge in [-0.2, -0.15) is 0 Å². The van der Waals surface area contributed by atoms with Crippen molar-refractivity contribution in [1.29, 1.82) is 0 Å². The molecule has 2 aromatic rings. The van der Waals surface area contributed by atoms with Gasteiger partial charge in [0, 0.05) is 6.54 Å². The van der Waals surface area contributed by atoms with E-state index in [1.165, 1.54) is 5.56 Å². The van der Waals surface area contributed by atoms with Gasteiger partial charge in [-0.1, -0.05) is 36.4 Å². The van der Waals surface area contributed by atoms with Gasteiger partial charge >= 0.3 is 0 Å². The Morgan fingerprint density at radius 3 is 2.65 bits per heavy atom. The highest BCUT2D eigenvalue weighted by Gasteiger charge is 2.36. The van der Waals surface area contributed by atoms with Crippen LogP contribution in [0.3, 0.4) is 0 Å². The zero-order chi connectivity index (χ0) is 18.4. The minimum absolute atomic E-state index is 0.443. The van der Waals surface area contributed by atoms with Gasteiger partial charge in [-0.3, -0.25) is 0 Å². The quantitative estimate of drug-likeness (QED) is 0.552. The number of ether oxygens (including phenoxy) is 1. The number of fused-ring (bicyclic) bond motifs is 1. The first-order valence-electron chi connectivity index (χ1n) is 9.10. The van der Waals surface area contributed by atoms with Gasteiger partial charge < -0.3 is 20.5 Å². The number of guanidine groups is 1. The summed E-state index contributed by atoms with van der Waals surface area (Å²) in [6, 6.07) is 16.0. The first-order valence-corrected chi connectivity index (χ1v) is 9.10. The van der Waals surface area contributed by atoms with E-state index in [9.17, 15) is 5.11 Å². The van der Waals surface area contributed by atoms with E-state index in [1.807, 2.05) is 49.4 Å². The number of benzene rings is 2. The third-order valence-electron chi connectivity index (χ3n) is 4.80. The molecule has 0 aromatic heterocycles. The molecule has 138 valence electrons. The first-order chi connectivity index (χ1) is 12.6. The molecule has 0 radical (unpaired) electrons. The molecule has 0 aliphatic heterocycles. The Bertz CT molecular complexity index is 758. The van der Waals surface area contributed by atoms with Crippen LogP contribution in [0.1, 0.15) is 30.0 Å². The summed E-state index contributed by atoms with van der Waals surface area (Å²) in [7, 11) is 1.66. The lowest BCUT2D eigenvalue weighted by molar-refractivity contribution is 0.0432. The van der Waals surface area contributed by atoms with Crippen molar-refractivity contribution >= 4 is 5.96 Å². The standard InChI is InChI=1S/C21H27N3O2/c1-3-22-20(23-14-16-8-10-18(26-2)11-9-16)24-15-21(25)13-12-17-6-4-5-7-19(17)21/h4-11,25H,3,12-15H2,1-2H3,(H2,22,23,24). The van der Waals surface area contributed by atoms with E-state index in [4.69, 9.17) is 4.74 Å². The lowest BCUT2D eigenvalue weighted by Crippen LogP contribution is -2.45. The Labute approximate surface area is 155 Å². The zero-order valence-electron chi connectivity index (χ0n) is 15.5. The molecule has 1 aliphatic carbocycles. The number of aliphatic imine (C=N–C) groups is 1. The Morgan fingerprint density at radius 1 is 1.15 bits per heavy atom. The van der Waals surface area contributed by atoms with E-state index in [-0.39, 0.29) is 0 Å². The van der Waals surface area contributed by atoms with Crippen LogP contribution in [0.2, 0.25) is 0 Å². The molecular formula is C21H27N3O2. The van der Waals surface area contributed by atoms with Crippen molar-refractivity contribution in [2.75, 3.05) is 20.2 Å². The van der Waals surface area contributed by atoms with Crippen LogP contribution in [0.15, 0.2) is 53.5 Å². The summed E-state index contributed by atoms with van der Waals surface area (Å²) in [5, 5.41) is 17.6. The van der Waals surface area contributed by atoms with Gasteiger partial charge in [-0.25, -0.2) is 4.99 Å². The van der Waals surface area contributed by atoms with Crippen molar-refractivity contribution in [2.45, 2.75) is 31.9 Å². The van der Waals surface area contributed by atoms with Gasteiger partial charge in [0.05, 0.1) is 20.2 Å². The molecule has 2 aromatic carbocycles. The van der Waals surface area contributed by atoms with Crippen LogP contribution in [-0.2, 0) is 18.6 Å². The Morgan fingerprint density at radius 2 is 1.92 bits per heavy atom. The number of methoxy groups -OCH3 is 1. The summed E-state index contributed by atoms with van der Waals surface area (Å²) >= 11 is 0. The van der Waals surface area contributed by atoms with E-state index >= 15 is 0 Å². The molecule has 0 saturated carbocycles. The molecule has 3 rings (SSSR count). The van der Waals surface area contributed by atoms with Crippen molar-refractivity contribution in [1.82, 2.24) is 10.6 Å². The predicted octanol–water partition coefficient (Wildman–Crippen LogP) is 2.58. The Kier molecular flexibility index (Phi) is 5.78. The molecule has 1 atom stereocenters. The predicted molar refractivity (Wildman–Crippen MR) is 104 cm³/mol. The molecule has 1 aliphatic rings. The summed E-state index contributed by atoms with van der Waals surface area (Å²) in [5.74, 6) is 1.55. The molecule has 0 heterocycles. The molecule has 0 bridgehead atoms. The number of hydrogen-bond acceptors (Lipinski definition) is 3. The fourth-order valence-electron chi connectivity index (χ4n) is 3.33. The summed E-state index contributed by atoms with van der Waals surface area (Å²) in [6.07, 6.45) is 1.64. The summed E-state index contributed by atoms with van der Waals surface area (Å²) < 4.78 is 5.18. The molecule has 0 spiro atoms. The highest BCUT2D eigenvalue weighted by molar-refractivity contribution is 5.79. The molecular weight excluding hydrogens is 326 g/mol. The maximum Gasteiger partial charge on any atom is 0.191 e. The van der Waals surface area contributed by atoms with E-state index < -0.39 is 5.60 Å². The van der Waals surface area contributed by atoms with Crippen molar-refractivity contribution in [2.24, 2.45) is 4.99 Å². The zero-order valence-corrected chi connectivity index (χ0v) is 15.5. The van der Waals surface area contributed by atoms with Crippen LogP contribution < -0.4 is 15.4 Å². The number of aryl methyl sites for hydroxylation is 1.